The number of hydrogen-bond acceptors (Lipinski definition) is 3. The van der Waals surface area contributed by atoms with E-state index in [1.54, 1.807) is 0 Å². The van der Waals surface area contributed by atoms with Crippen LogP contribution in [0.1, 0.15) is 40.3 Å². The van der Waals surface area contributed by atoms with Crippen LogP contribution in [0.2, 0.25) is 0 Å². The fraction of sp³-hybridized carbons (Fsp3) is 0.0732. The highest BCUT2D eigenvalue weighted by Gasteiger charge is 2.52. The average molecular weight is 566 g/mol. The third-order valence-electron chi connectivity index (χ3n) is 9.10. The fourth-order valence-electron chi connectivity index (χ4n) is 7.30. The van der Waals surface area contributed by atoms with E-state index in [-0.39, 0.29) is 0 Å². The molecular formula is C41H31N3. The highest BCUT2D eigenvalue weighted by Crippen LogP contribution is 2.62. The summed E-state index contributed by atoms with van der Waals surface area (Å²) in [4.78, 5) is 12.1. The molecule has 0 amide bonds. The largest absolute Gasteiger partial charge is 0.310 e. The quantitative estimate of drug-likeness (QED) is 0.195. The van der Waals surface area contributed by atoms with Gasteiger partial charge in [0.1, 0.15) is 0 Å². The molecule has 5 aromatic carbocycles. The summed E-state index contributed by atoms with van der Waals surface area (Å²) in [6, 6.07) is 52.1. The predicted octanol–water partition coefficient (Wildman–Crippen LogP) is 9.68. The Bertz CT molecular complexity index is 2000. The monoisotopic (exact) mass is 565 g/mol. The Hall–Kier alpha value is -5.54. The molecule has 0 radical (unpaired) electrons. The Morgan fingerprint density at radius 1 is 0.614 bits per heavy atom. The van der Waals surface area contributed by atoms with Gasteiger partial charge in [0.25, 0.3) is 0 Å². The number of para-hydroxylation sites is 3. The third-order valence-corrected chi connectivity index (χ3v) is 9.10. The standard InChI is InChI=1S/C41H31N3/c1-29-39(40(31-24-26-42-27-25-31)43-28-30-14-4-2-5-15-30)33-18-8-9-19-34(33)41(29)35-20-10-12-22-37(35)44(32-16-6-3-7-17-32)38-23-13-11-21-36(38)41/h2-27H,28H2,1H3. The van der Waals surface area contributed by atoms with Gasteiger partial charge in [-0.15, -0.1) is 0 Å². The SMILES string of the molecule is CC1=C(C(=NCc2ccccc2)c2ccncc2)c2ccccc2C12c1ccccc1N(c1ccccc1)c1ccccc12. The van der Waals surface area contributed by atoms with E-state index in [0.717, 1.165) is 17.0 Å². The number of anilines is 3. The van der Waals surface area contributed by atoms with E-state index in [4.69, 9.17) is 4.99 Å². The second-order valence-electron chi connectivity index (χ2n) is 11.4. The first kappa shape index (κ1) is 26.1. The Morgan fingerprint density at radius 2 is 1.16 bits per heavy atom. The lowest BCUT2D eigenvalue weighted by molar-refractivity contribution is 0.729. The van der Waals surface area contributed by atoms with Gasteiger partial charge in [-0.25, -0.2) is 0 Å². The second kappa shape index (κ2) is 10.6. The fourth-order valence-corrected chi connectivity index (χ4v) is 7.30. The van der Waals surface area contributed by atoms with Gasteiger partial charge >= 0.3 is 0 Å². The van der Waals surface area contributed by atoms with E-state index >= 15 is 0 Å². The van der Waals surface area contributed by atoms with Crippen LogP contribution in [0.5, 0.6) is 0 Å². The number of hydrogen-bond donors (Lipinski definition) is 0. The molecule has 44 heavy (non-hydrogen) atoms. The summed E-state index contributed by atoms with van der Waals surface area (Å²) in [6.07, 6.45) is 3.73. The molecule has 6 aromatic rings. The molecule has 1 aliphatic carbocycles. The Kier molecular flexibility index (Phi) is 6.31. The van der Waals surface area contributed by atoms with E-state index in [0.29, 0.717) is 6.54 Å². The molecule has 0 N–H and O–H groups in total. The van der Waals surface area contributed by atoms with Gasteiger partial charge in [0.05, 0.1) is 29.0 Å². The van der Waals surface area contributed by atoms with Crippen molar-refractivity contribution in [1.29, 1.82) is 0 Å². The summed E-state index contributed by atoms with van der Waals surface area (Å²) in [6.45, 7) is 2.92. The van der Waals surface area contributed by atoms with Gasteiger partial charge in [0, 0.05) is 29.2 Å². The van der Waals surface area contributed by atoms with Crippen LogP contribution in [0.4, 0.5) is 17.1 Å². The normalized spacial score (nSPS) is 14.8. The van der Waals surface area contributed by atoms with Crippen LogP contribution in [-0.4, -0.2) is 10.7 Å². The molecule has 0 bridgehead atoms. The van der Waals surface area contributed by atoms with Gasteiger partial charge in [-0.3, -0.25) is 9.98 Å². The van der Waals surface area contributed by atoms with Crippen molar-refractivity contribution >= 4 is 28.3 Å². The molecule has 0 unspecified atom stereocenters. The first-order valence-electron chi connectivity index (χ1n) is 15.1. The van der Waals surface area contributed by atoms with Crippen LogP contribution in [-0.2, 0) is 12.0 Å². The summed E-state index contributed by atoms with van der Waals surface area (Å²) in [5.41, 5.74) is 13.9. The van der Waals surface area contributed by atoms with Crippen molar-refractivity contribution in [1.82, 2.24) is 4.98 Å². The average Bonchev–Trinajstić information content (AvgIpc) is 3.35. The number of pyridine rings is 1. The second-order valence-corrected chi connectivity index (χ2v) is 11.4. The predicted molar refractivity (Wildman–Crippen MR) is 181 cm³/mol. The van der Waals surface area contributed by atoms with Gasteiger partial charge in [-0.1, -0.05) is 109 Å². The summed E-state index contributed by atoms with van der Waals surface area (Å²) >= 11 is 0. The van der Waals surface area contributed by atoms with Crippen molar-refractivity contribution in [3.63, 3.8) is 0 Å². The Balaban J connectivity index is 1.45. The van der Waals surface area contributed by atoms with Crippen molar-refractivity contribution in [2.75, 3.05) is 4.90 Å². The molecule has 3 nitrogen and oxygen atoms in total. The van der Waals surface area contributed by atoms with E-state index in [1.807, 2.05) is 12.4 Å². The molecule has 0 atom stereocenters. The van der Waals surface area contributed by atoms with Crippen LogP contribution >= 0.6 is 0 Å². The Labute approximate surface area is 258 Å². The summed E-state index contributed by atoms with van der Waals surface area (Å²) in [7, 11) is 0. The number of nitrogens with zero attached hydrogens (tertiary/aromatic N) is 3. The van der Waals surface area contributed by atoms with Crippen molar-refractivity contribution in [2.24, 2.45) is 4.99 Å². The lowest BCUT2D eigenvalue weighted by atomic mass is 9.64. The minimum absolute atomic E-state index is 0.481. The van der Waals surface area contributed by atoms with Crippen LogP contribution in [0, 0.1) is 0 Å². The summed E-state index contributed by atoms with van der Waals surface area (Å²) in [5.74, 6) is 0. The van der Waals surface area contributed by atoms with Gasteiger partial charge < -0.3 is 4.90 Å². The zero-order chi connectivity index (χ0) is 29.5. The number of rotatable bonds is 5. The number of aliphatic imine (C=N–C) groups is 1. The van der Waals surface area contributed by atoms with E-state index < -0.39 is 5.41 Å². The van der Waals surface area contributed by atoms with Gasteiger partial charge in [0.15, 0.2) is 0 Å². The maximum atomic E-state index is 5.37. The molecule has 0 fully saturated rings. The molecular weight excluding hydrogens is 534 g/mol. The molecule has 0 saturated heterocycles. The van der Waals surface area contributed by atoms with E-state index in [1.165, 1.54) is 50.3 Å². The highest BCUT2D eigenvalue weighted by atomic mass is 15.2. The smallest absolute Gasteiger partial charge is 0.0730 e. The maximum absolute atomic E-state index is 5.37. The van der Waals surface area contributed by atoms with Crippen molar-refractivity contribution in [3.05, 3.63) is 197 Å². The van der Waals surface area contributed by atoms with E-state index in [9.17, 15) is 0 Å². The number of aromatic nitrogens is 1. The topological polar surface area (TPSA) is 28.5 Å². The first-order chi connectivity index (χ1) is 21.8. The van der Waals surface area contributed by atoms with Gasteiger partial charge in [0.2, 0.25) is 0 Å². The minimum Gasteiger partial charge on any atom is -0.310 e. The highest BCUT2D eigenvalue weighted by molar-refractivity contribution is 6.34. The molecule has 1 aliphatic heterocycles. The zero-order valence-electron chi connectivity index (χ0n) is 24.6. The molecule has 1 aromatic heterocycles. The van der Waals surface area contributed by atoms with Crippen LogP contribution in [0.3, 0.4) is 0 Å². The lowest BCUT2D eigenvalue weighted by Gasteiger charge is -2.45. The maximum Gasteiger partial charge on any atom is 0.0730 e. The number of allylic oxidation sites excluding steroid dienone is 2. The van der Waals surface area contributed by atoms with Crippen LogP contribution < -0.4 is 4.90 Å². The van der Waals surface area contributed by atoms with Crippen molar-refractivity contribution in [3.8, 4) is 0 Å². The minimum atomic E-state index is -0.481. The molecule has 2 aliphatic rings. The first-order valence-corrected chi connectivity index (χ1v) is 15.1. The van der Waals surface area contributed by atoms with Crippen LogP contribution in [0.15, 0.2) is 169 Å². The number of benzene rings is 5. The molecule has 210 valence electrons. The number of fused-ring (bicyclic) bond motifs is 6. The summed E-state index contributed by atoms with van der Waals surface area (Å²) in [5, 5.41) is 0. The molecule has 0 saturated carbocycles. The third kappa shape index (κ3) is 3.90. The molecule has 3 heteroatoms. The summed E-state index contributed by atoms with van der Waals surface area (Å²) < 4.78 is 0. The van der Waals surface area contributed by atoms with Gasteiger partial charge in [-0.2, -0.15) is 0 Å². The molecule has 1 spiro atoms. The molecule has 8 rings (SSSR count). The van der Waals surface area contributed by atoms with Crippen molar-refractivity contribution < 1.29 is 0 Å². The Morgan fingerprint density at radius 3 is 1.82 bits per heavy atom. The zero-order valence-corrected chi connectivity index (χ0v) is 24.6. The van der Waals surface area contributed by atoms with Crippen molar-refractivity contribution in [2.45, 2.75) is 18.9 Å². The lowest BCUT2D eigenvalue weighted by Crippen LogP contribution is -2.36. The van der Waals surface area contributed by atoms with E-state index in [2.05, 4.69) is 162 Å². The van der Waals surface area contributed by atoms with Gasteiger partial charge in [-0.05, 0) is 76.7 Å². The molecule has 2 heterocycles. The van der Waals surface area contributed by atoms with Crippen LogP contribution in [0.25, 0.3) is 5.57 Å².